The number of hydrogen-bond donors (Lipinski definition) is 1. The van der Waals surface area contributed by atoms with E-state index in [0.29, 0.717) is 35.8 Å². The van der Waals surface area contributed by atoms with Gasteiger partial charge in [0.05, 0.1) is 37.4 Å². The van der Waals surface area contributed by atoms with Crippen molar-refractivity contribution < 1.29 is 18.7 Å². The summed E-state index contributed by atoms with van der Waals surface area (Å²) in [6.45, 7) is 20.1. The van der Waals surface area contributed by atoms with E-state index in [2.05, 4.69) is 65.2 Å². The average molecular weight is 568 g/mol. The Balaban J connectivity index is 2.17. The van der Waals surface area contributed by atoms with Crippen molar-refractivity contribution in [1.29, 1.82) is 0 Å². The number of nitrogens with zero attached hydrogens (tertiary/aromatic N) is 2. The lowest BCUT2D eigenvalue weighted by molar-refractivity contribution is 0.0523. The van der Waals surface area contributed by atoms with Gasteiger partial charge in [-0.15, -0.1) is 0 Å². The van der Waals surface area contributed by atoms with E-state index in [1.54, 1.807) is 26.3 Å². The van der Waals surface area contributed by atoms with Gasteiger partial charge in [-0.25, -0.2) is 4.79 Å². The largest absolute Gasteiger partial charge is 0.479 e. The van der Waals surface area contributed by atoms with Gasteiger partial charge in [0.25, 0.3) is 0 Å². The zero-order chi connectivity index (χ0) is 29.8. The van der Waals surface area contributed by atoms with Gasteiger partial charge >= 0.3 is 5.97 Å². The Morgan fingerprint density at radius 2 is 1.80 bits per heavy atom. The molecule has 0 aliphatic rings. The molecule has 8 nitrogen and oxygen atoms in total. The third-order valence-corrected chi connectivity index (χ3v) is 12.3. The molecule has 1 N–H and O–H groups in total. The number of hydrogen-bond acceptors (Lipinski definition) is 7. The standard InChI is InChI=1S/C31H45N3O5Si/c1-11-38-30(36)24-18-34(26(20(2)3)19-39-40(9,10)31(5,6)7)28-23(27(24)35)16-25(29(33-28)37-8)32-17-22-14-12-21(4)13-15-22/h12-16,18,20,26,32H,11,17,19H2,1-10H3/t26-/m1/s1. The molecule has 3 aromatic rings. The molecule has 2 heterocycles. The molecule has 218 valence electrons. The number of rotatable bonds is 11. The SMILES string of the molecule is CCOC(=O)c1cn([C@H](CO[Si](C)(C)C(C)(C)C)C(C)C)c2nc(OC)c(NCc3ccc(C)cc3)cc2c1=O. The van der Waals surface area contributed by atoms with Crippen molar-refractivity contribution in [3.05, 3.63) is 63.4 Å². The molecule has 0 aliphatic carbocycles. The van der Waals surface area contributed by atoms with Crippen molar-refractivity contribution in [2.75, 3.05) is 25.6 Å². The van der Waals surface area contributed by atoms with Gasteiger partial charge in [0.2, 0.25) is 11.3 Å². The first-order valence-electron chi connectivity index (χ1n) is 13.9. The molecule has 40 heavy (non-hydrogen) atoms. The predicted molar refractivity (Wildman–Crippen MR) is 164 cm³/mol. The van der Waals surface area contributed by atoms with E-state index in [1.807, 2.05) is 23.6 Å². The van der Waals surface area contributed by atoms with Gasteiger partial charge in [-0.1, -0.05) is 64.4 Å². The van der Waals surface area contributed by atoms with Crippen LogP contribution in [0.5, 0.6) is 5.88 Å². The molecule has 0 spiro atoms. The Morgan fingerprint density at radius 1 is 1.15 bits per heavy atom. The minimum atomic E-state index is -2.07. The Hall–Kier alpha value is -3.17. The molecule has 9 heteroatoms. The molecule has 0 bridgehead atoms. The number of pyridine rings is 2. The van der Waals surface area contributed by atoms with Gasteiger partial charge in [0, 0.05) is 12.7 Å². The molecule has 0 amide bonds. The smallest absolute Gasteiger partial charge is 0.343 e. The molecular weight excluding hydrogens is 522 g/mol. The van der Waals surface area contributed by atoms with Crippen LogP contribution in [0.1, 0.15) is 69.1 Å². The van der Waals surface area contributed by atoms with Crippen LogP contribution in [-0.2, 0) is 15.7 Å². The Morgan fingerprint density at radius 3 is 2.35 bits per heavy atom. The van der Waals surface area contributed by atoms with Crippen LogP contribution in [0.4, 0.5) is 5.69 Å². The van der Waals surface area contributed by atoms with Crippen molar-refractivity contribution >= 4 is 31.0 Å². The minimum Gasteiger partial charge on any atom is -0.479 e. The molecule has 0 radical (unpaired) electrons. The molecule has 0 unspecified atom stereocenters. The summed E-state index contributed by atoms with van der Waals surface area (Å²) in [6, 6.07) is 9.73. The van der Waals surface area contributed by atoms with Crippen LogP contribution in [-0.4, -0.2) is 44.2 Å². The molecule has 0 saturated carbocycles. The minimum absolute atomic E-state index is 0.0243. The van der Waals surface area contributed by atoms with Gasteiger partial charge in [-0.2, -0.15) is 4.98 Å². The first-order chi connectivity index (χ1) is 18.7. The lowest BCUT2D eigenvalue weighted by Crippen LogP contribution is -2.42. The van der Waals surface area contributed by atoms with Gasteiger partial charge < -0.3 is 23.8 Å². The van der Waals surface area contributed by atoms with Crippen LogP contribution in [0, 0.1) is 12.8 Å². The summed E-state index contributed by atoms with van der Waals surface area (Å²) < 4.78 is 19.5. The number of aromatic nitrogens is 2. The van der Waals surface area contributed by atoms with Crippen molar-refractivity contribution in [3.63, 3.8) is 0 Å². The Labute approximate surface area is 239 Å². The number of nitrogens with one attached hydrogen (secondary N) is 1. The first-order valence-corrected chi connectivity index (χ1v) is 16.8. The summed E-state index contributed by atoms with van der Waals surface area (Å²) in [4.78, 5) is 31.4. The second kappa shape index (κ2) is 12.6. The molecule has 1 atom stereocenters. The van der Waals surface area contributed by atoms with Crippen molar-refractivity contribution in [2.45, 2.75) is 79.2 Å². The highest BCUT2D eigenvalue weighted by atomic mass is 28.4. The first kappa shape index (κ1) is 31.4. The topological polar surface area (TPSA) is 91.7 Å². The van der Waals surface area contributed by atoms with Crippen LogP contribution >= 0.6 is 0 Å². The van der Waals surface area contributed by atoms with E-state index in [4.69, 9.17) is 18.9 Å². The number of anilines is 1. The number of benzene rings is 1. The highest BCUT2D eigenvalue weighted by Crippen LogP contribution is 2.38. The highest BCUT2D eigenvalue weighted by Gasteiger charge is 2.38. The lowest BCUT2D eigenvalue weighted by Gasteiger charge is -2.38. The number of esters is 1. The second-order valence-corrected chi connectivity index (χ2v) is 16.9. The number of carbonyl (C=O) groups excluding carboxylic acids is 1. The van der Waals surface area contributed by atoms with E-state index in [1.165, 1.54) is 5.56 Å². The number of aryl methyl sites for hydroxylation is 1. The van der Waals surface area contributed by atoms with Gasteiger partial charge in [-0.05, 0) is 49.5 Å². The van der Waals surface area contributed by atoms with Gasteiger partial charge in [0.15, 0.2) is 8.32 Å². The molecule has 0 saturated heterocycles. The second-order valence-electron chi connectivity index (χ2n) is 12.1. The molecule has 0 aliphatic heterocycles. The lowest BCUT2D eigenvalue weighted by atomic mass is 10.0. The third kappa shape index (κ3) is 6.93. The van der Waals surface area contributed by atoms with E-state index in [-0.39, 0.29) is 29.2 Å². The Kier molecular flexibility index (Phi) is 9.84. The van der Waals surface area contributed by atoms with Gasteiger partial charge in [-0.3, -0.25) is 4.79 Å². The van der Waals surface area contributed by atoms with Crippen molar-refractivity contribution in [1.82, 2.24) is 9.55 Å². The summed E-state index contributed by atoms with van der Waals surface area (Å²) in [7, 11) is -0.511. The van der Waals surface area contributed by atoms with E-state index < -0.39 is 19.7 Å². The monoisotopic (exact) mass is 567 g/mol. The van der Waals surface area contributed by atoms with Crippen molar-refractivity contribution in [2.24, 2.45) is 5.92 Å². The summed E-state index contributed by atoms with van der Waals surface area (Å²) in [5.41, 5.74) is 2.81. The normalized spacial score (nSPS) is 13.0. The highest BCUT2D eigenvalue weighted by molar-refractivity contribution is 6.74. The molecule has 2 aromatic heterocycles. The maximum Gasteiger partial charge on any atom is 0.343 e. The van der Waals surface area contributed by atoms with Crippen LogP contribution in [0.25, 0.3) is 11.0 Å². The van der Waals surface area contributed by atoms with Crippen LogP contribution < -0.4 is 15.5 Å². The Bertz CT molecular complexity index is 1390. The van der Waals surface area contributed by atoms with Crippen LogP contribution in [0.2, 0.25) is 18.1 Å². The zero-order valence-electron chi connectivity index (χ0n) is 25.7. The molecule has 3 rings (SSSR count). The summed E-state index contributed by atoms with van der Waals surface area (Å²) in [6.07, 6.45) is 1.58. The zero-order valence-corrected chi connectivity index (χ0v) is 26.7. The van der Waals surface area contributed by atoms with Crippen molar-refractivity contribution in [3.8, 4) is 5.88 Å². The number of methoxy groups -OCH3 is 1. The summed E-state index contributed by atoms with van der Waals surface area (Å²) in [5.74, 6) is -0.164. The molecular formula is C31H45N3O5Si. The average Bonchev–Trinajstić information content (AvgIpc) is 2.88. The van der Waals surface area contributed by atoms with Crippen LogP contribution in [0.3, 0.4) is 0 Å². The predicted octanol–water partition coefficient (Wildman–Crippen LogP) is 6.72. The van der Waals surface area contributed by atoms with E-state index >= 15 is 0 Å². The number of fused-ring (bicyclic) bond motifs is 1. The van der Waals surface area contributed by atoms with E-state index in [0.717, 1.165) is 5.56 Å². The molecule has 1 aromatic carbocycles. The maximum atomic E-state index is 13.7. The third-order valence-electron chi connectivity index (χ3n) is 7.81. The number of carbonyl (C=O) groups is 1. The fourth-order valence-corrected chi connectivity index (χ4v) is 5.17. The fourth-order valence-electron chi connectivity index (χ4n) is 4.15. The van der Waals surface area contributed by atoms with Gasteiger partial charge in [0.1, 0.15) is 11.2 Å². The maximum absolute atomic E-state index is 13.7. The fraction of sp³-hybridized carbons (Fsp3) is 0.516. The number of ether oxygens (including phenoxy) is 2. The summed E-state index contributed by atoms with van der Waals surface area (Å²) >= 11 is 0. The summed E-state index contributed by atoms with van der Waals surface area (Å²) in [5, 5.41) is 3.71. The quantitative estimate of drug-likeness (QED) is 0.203. The van der Waals surface area contributed by atoms with E-state index in [9.17, 15) is 9.59 Å². The van der Waals surface area contributed by atoms with Crippen LogP contribution in [0.15, 0.2) is 41.3 Å². The molecule has 0 fully saturated rings.